The first-order valence-corrected chi connectivity index (χ1v) is 8.17. The standard InChI is InChI=1S/C20H12B2N2O3/c1-26-12-8-6-11(7-9-12)20(25)27-19-14(22)10-13(21)17-18(19)24-16-5-3-2-4-15(16)23-17/h2-10H,1H3. The van der Waals surface area contributed by atoms with Crippen molar-refractivity contribution in [3.63, 3.8) is 0 Å². The molecule has 1 heterocycles. The van der Waals surface area contributed by atoms with E-state index in [1.165, 1.54) is 6.07 Å². The lowest BCUT2D eigenvalue weighted by atomic mass is 9.85. The van der Waals surface area contributed by atoms with Gasteiger partial charge in [0.05, 0.1) is 29.2 Å². The number of methoxy groups -OCH3 is 1. The Morgan fingerprint density at radius 1 is 0.889 bits per heavy atom. The van der Waals surface area contributed by atoms with Gasteiger partial charge in [0, 0.05) is 0 Å². The van der Waals surface area contributed by atoms with E-state index in [-0.39, 0.29) is 11.2 Å². The first kappa shape index (κ1) is 17.1. The van der Waals surface area contributed by atoms with Gasteiger partial charge in [0.25, 0.3) is 0 Å². The third-order valence-corrected chi connectivity index (χ3v) is 4.15. The normalized spacial score (nSPS) is 10.9. The number of hydrogen-bond donors (Lipinski definition) is 0. The summed E-state index contributed by atoms with van der Waals surface area (Å²) in [5.41, 5.74) is 3.05. The van der Waals surface area contributed by atoms with E-state index in [9.17, 15) is 4.79 Å². The zero-order valence-corrected chi connectivity index (χ0v) is 14.5. The molecule has 126 valence electrons. The van der Waals surface area contributed by atoms with E-state index in [2.05, 4.69) is 9.97 Å². The van der Waals surface area contributed by atoms with Crippen molar-refractivity contribution in [2.45, 2.75) is 0 Å². The van der Waals surface area contributed by atoms with E-state index in [1.807, 2.05) is 24.3 Å². The Balaban J connectivity index is 1.82. The molecule has 0 N–H and O–H groups in total. The van der Waals surface area contributed by atoms with E-state index in [4.69, 9.17) is 25.2 Å². The highest BCUT2D eigenvalue weighted by Gasteiger charge is 2.17. The highest BCUT2D eigenvalue weighted by atomic mass is 16.5. The van der Waals surface area contributed by atoms with E-state index in [0.29, 0.717) is 38.8 Å². The van der Waals surface area contributed by atoms with Gasteiger partial charge in [-0.3, -0.25) is 0 Å². The van der Waals surface area contributed by atoms with Crippen LogP contribution in [0.1, 0.15) is 10.4 Å². The van der Waals surface area contributed by atoms with Gasteiger partial charge in [-0.15, -0.1) is 0 Å². The van der Waals surface area contributed by atoms with Gasteiger partial charge in [-0.25, -0.2) is 14.8 Å². The third kappa shape index (κ3) is 3.12. The molecule has 5 nitrogen and oxygen atoms in total. The molecule has 0 bridgehead atoms. The second kappa shape index (κ2) is 6.76. The predicted molar refractivity (Wildman–Crippen MR) is 106 cm³/mol. The van der Waals surface area contributed by atoms with Gasteiger partial charge in [-0.2, -0.15) is 0 Å². The maximum absolute atomic E-state index is 12.6. The summed E-state index contributed by atoms with van der Waals surface area (Å²) in [5.74, 6) is 0.213. The smallest absolute Gasteiger partial charge is 0.343 e. The second-order valence-electron chi connectivity index (χ2n) is 5.91. The van der Waals surface area contributed by atoms with Crippen LogP contribution in [-0.2, 0) is 0 Å². The number of benzene rings is 3. The van der Waals surface area contributed by atoms with Crippen LogP contribution in [0.2, 0.25) is 0 Å². The summed E-state index contributed by atoms with van der Waals surface area (Å²) in [6.45, 7) is 0. The van der Waals surface area contributed by atoms with Crippen LogP contribution in [0.4, 0.5) is 0 Å². The Bertz CT molecular complexity index is 1180. The van der Waals surface area contributed by atoms with Crippen molar-refractivity contribution in [2.24, 2.45) is 0 Å². The van der Waals surface area contributed by atoms with Gasteiger partial charge in [0.15, 0.2) is 5.75 Å². The number of fused-ring (bicyclic) bond motifs is 2. The highest BCUT2D eigenvalue weighted by Crippen LogP contribution is 2.23. The first-order chi connectivity index (χ1) is 13.1. The average Bonchev–Trinajstić information content (AvgIpc) is 2.70. The molecule has 0 unspecified atom stereocenters. The summed E-state index contributed by atoms with van der Waals surface area (Å²) in [7, 11) is 13.7. The lowest BCUT2D eigenvalue weighted by molar-refractivity contribution is 0.0738. The predicted octanol–water partition coefficient (Wildman–Crippen LogP) is 1.60. The third-order valence-electron chi connectivity index (χ3n) is 4.15. The molecule has 0 fully saturated rings. The minimum atomic E-state index is -0.564. The van der Waals surface area contributed by atoms with Crippen LogP contribution in [0.25, 0.3) is 22.1 Å². The van der Waals surface area contributed by atoms with Crippen LogP contribution >= 0.6 is 0 Å². The Morgan fingerprint density at radius 2 is 1.52 bits per heavy atom. The molecule has 0 saturated heterocycles. The number of esters is 1. The molecule has 0 aliphatic heterocycles. The van der Waals surface area contributed by atoms with Gasteiger partial charge < -0.3 is 9.47 Å². The Morgan fingerprint density at radius 3 is 2.15 bits per heavy atom. The molecule has 4 radical (unpaired) electrons. The monoisotopic (exact) mass is 350 g/mol. The maximum Gasteiger partial charge on any atom is 0.343 e. The van der Waals surface area contributed by atoms with Crippen LogP contribution in [0, 0.1) is 0 Å². The second-order valence-corrected chi connectivity index (χ2v) is 5.91. The van der Waals surface area contributed by atoms with Gasteiger partial charge in [0.1, 0.15) is 27.0 Å². The van der Waals surface area contributed by atoms with Gasteiger partial charge in [-0.1, -0.05) is 29.1 Å². The molecule has 0 spiro atoms. The molecule has 4 rings (SSSR count). The number of carbonyl (C=O) groups is 1. The summed E-state index contributed by atoms with van der Waals surface area (Å²) >= 11 is 0. The zero-order valence-electron chi connectivity index (χ0n) is 14.5. The molecule has 0 aliphatic rings. The van der Waals surface area contributed by atoms with Crippen LogP contribution < -0.4 is 20.4 Å². The number of aromatic nitrogens is 2. The quantitative estimate of drug-likeness (QED) is 0.243. The van der Waals surface area contributed by atoms with Crippen molar-refractivity contribution in [2.75, 3.05) is 7.11 Å². The van der Waals surface area contributed by atoms with Crippen molar-refractivity contribution in [3.8, 4) is 11.5 Å². The molecule has 4 aromatic rings. The summed E-state index contributed by atoms with van der Waals surface area (Å²) in [4.78, 5) is 21.6. The number of para-hydroxylation sites is 2. The van der Waals surface area contributed by atoms with Gasteiger partial charge >= 0.3 is 5.97 Å². The van der Waals surface area contributed by atoms with Crippen LogP contribution in [0.3, 0.4) is 0 Å². The van der Waals surface area contributed by atoms with Gasteiger partial charge in [-0.05, 0) is 36.4 Å². The van der Waals surface area contributed by atoms with E-state index < -0.39 is 5.97 Å². The number of rotatable bonds is 3. The largest absolute Gasteiger partial charge is 0.497 e. The topological polar surface area (TPSA) is 61.3 Å². The van der Waals surface area contributed by atoms with Crippen LogP contribution in [0.5, 0.6) is 11.5 Å². The summed E-state index contributed by atoms with van der Waals surface area (Å²) in [6, 6.07) is 15.4. The van der Waals surface area contributed by atoms with Crippen LogP contribution in [-0.4, -0.2) is 38.7 Å². The number of ether oxygens (including phenoxy) is 2. The molecule has 27 heavy (non-hydrogen) atoms. The number of hydrogen-bond acceptors (Lipinski definition) is 5. The molecular weight excluding hydrogens is 338 g/mol. The van der Waals surface area contributed by atoms with Crippen molar-refractivity contribution >= 4 is 54.7 Å². The van der Waals surface area contributed by atoms with E-state index >= 15 is 0 Å². The number of nitrogens with zero attached hydrogens (tertiary/aromatic N) is 2. The summed E-state index contributed by atoms with van der Waals surface area (Å²) in [6.07, 6.45) is 0. The molecule has 0 saturated carbocycles. The van der Waals surface area contributed by atoms with Crippen molar-refractivity contribution in [1.82, 2.24) is 9.97 Å². The number of carbonyl (C=O) groups excluding carboxylic acids is 1. The minimum Gasteiger partial charge on any atom is -0.497 e. The molecule has 3 aromatic carbocycles. The van der Waals surface area contributed by atoms with E-state index in [1.54, 1.807) is 31.4 Å². The fraction of sp³-hybridized carbons (Fsp3) is 0.0500. The maximum atomic E-state index is 12.6. The molecule has 0 atom stereocenters. The zero-order chi connectivity index (χ0) is 19.0. The van der Waals surface area contributed by atoms with E-state index in [0.717, 1.165) is 0 Å². The van der Waals surface area contributed by atoms with Gasteiger partial charge in [0.2, 0.25) is 0 Å². The lowest BCUT2D eigenvalue weighted by Crippen LogP contribution is -2.22. The van der Waals surface area contributed by atoms with Crippen molar-refractivity contribution in [3.05, 3.63) is 60.2 Å². The van der Waals surface area contributed by atoms with Crippen molar-refractivity contribution < 1.29 is 14.3 Å². The average molecular weight is 350 g/mol. The van der Waals surface area contributed by atoms with Crippen molar-refractivity contribution in [1.29, 1.82) is 0 Å². The first-order valence-electron chi connectivity index (χ1n) is 8.17. The molecule has 0 aliphatic carbocycles. The molecule has 0 amide bonds. The summed E-state index contributed by atoms with van der Waals surface area (Å²) < 4.78 is 10.7. The molecule has 1 aromatic heterocycles. The molecule has 7 heteroatoms. The SMILES string of the molecule is [B]c1cc([B])c2nc3ccccc3nc2c1OC(=O)c1ccc(OC)cc1. The highest BCUT2D eigenvalue weighted by molar-refractivity contribution is 6.44. The Hall–Kier alpha value is -3.34. The van der Waals surface area contributed by atoms with Crippen LogP contribution in [0.15, 0.2) is 54.6 Å². The fourth-order valence-electron chi connectivity index (χ4n) is 2.78. The Labute approximate surface area is 158 Å². The minimum absolute atomic E-state index is 0.137. The Kier molecular flexibility index (Phi) is 4.28. The summed E-state index contributed by atoms with van der Waals surface area (Å²) in [5, 5.41) is 0. The fourth-order valence-corrected chi connectivity index (χ4v) is 2.78. The lowest BCUT2D eigenvalue weighted by Gasteiger charge is -2.13. The molecular formula is C20H12B2N2O3.